The Labute approximate surface area is 114 Å². The number of hydrogen-bond donors (Lipinski definition) is 2. The van der Waals surface area contributed by atoms with E-state index in [0.29, 0.717) is 19.8 Å². The van der Waals surface area contributed by atoms with Gasteiger partial charge in [0.15, 0.2) is 0 Å². The van der Waals surface area contributed by atoms with E-state index in [0.717, 1.165) is 24.7 Å². The molecule has 0 spiro atoms. The number of likely N-dealkylation sites (N-methyl/N-ethyl adjacent to an activating group) is 1. The lowest BCUT2D eigenvalue weighted by Gasteiger charge is -2.20. The van der Waals surface area contributed by atoms with Crippen LogP contribution >= 0.6 is 0 Å². The molecule has 0 heterocycles. The molecule has 1 aromatic carbocycles. The number of rotatable bonds is 8. The van der Waals surface area contributed by atoms with Crippen LogP contribution in [0.5, 0.6) is 0 Å². The van der Waals surface area contributed by atoms with Crippen LogP contribution in [-0.2, 0) is 11.3 Å². The van der Waals surface area contributed by atoms with Gasteiger partial charge in [-0.3, -0.25) is 4.90 Å². The van der Waals surface area contributed by atoms with Gasteiger partial charge in [-0.15, -0.1) is 0 Å². The molecule has 0 bridgehead atoms. The standard InChI is InChI=1S/C13H21BFNO3/c1-3-16(5-6-19-4-2)10-11-7-12(14(17)18)9-13(15)8-11/h7-9,17-18H,3-6,10H2,1-2H3. The number of benzene rings is 1. The SMILES string of the molecule is CCOCCN(CC)Cc1cc(F)cc(B(O)O)c1. The summed E-state index contributed by atoms with van der Waals surface area (Å²) in [6.45, 7) is 7.41. The van der Waals surface area contributed by atoms with Crippen molar-refractivity contribution in [3.05, 3.63) is 29.6 Å². The first kappa shape index (κ1) is 16.1. The fraction of sp³-hybridized carbons (Fsp3) is 0.538. The lowest BCUT2D eigenvalue weighted by molar-refractivity contribution is 0.113. The van der Waals surface area contributed by atoms with Crippen LogP contribution in [0.4, 0.5) is 4.39 Å². The van der Waals surface area contributed by atoms with E-state index in [1.165, 1.54) is 6.07 Å². The van der Waals surface area contributed by atoms with Gasteiger partial charge in [-0.1, -0.05) is 13.0 Å². The molecule has 0 amide bonds. The summed E-state index contributed by atoms with van der Waals surface area (Å²) in [4.78, 5) is 2.11. The Morgan fingerprint density at radius 1 is 1.26 bits per heavy atom. The van der Waals surface area contributed by atoms with E-state index >= 15 is 0 Å². The average molecular weight is 269 g/mol. The van der Waals surface area contributed by atoms with Crippen molar-refractivity contribution in [1.82, 2.24) is 4.90 Å². The molecule has 0 aromatic heterocycles. The molecule has 1 aromatic rings. The van der Waals surface area contributed by atoms with Crippen LogP contribution in [0.15, 0.2) is 18.2 Å². The molecule has 0 saturated carbocycles. The highest BCUT2D eigenvalue weighted by molar-refractivity contribution is 6.58. The Morgan fingerprint density at radius 2 is 2.00 bits per heavy atom. The Kier molecular flexibility index (Phi) is 7.01. The van der Waals surface area contributed by atoms with Crippen LogP contribution < -0.4 is 5.46 Å². The summed E-state index contributed by atoms with van der Waals surface area (Å²) in [5.74, 6) is -0.457. The fourth-order valence-electron chi connectivity index (χ4n) is 1.86. The van der Waals surface area contributed by atoms with E-state index in [9.17, 15) is 4.39 Å². The summed E-state index contributed by atoms with van der Waals surface area (Å²) in [7, 11) is -1.65. The van der Waals surface area contributed by atoms with Crippen LogP contribution in [-0.4, -0.2) is 48.4 Å². The predicted octanol–water partition coefficient (Wildman–Crippen LogP) is 0.364. The maximum absolute atomic E-state index is 13.4. The summed E-state index contributed by atoms with van der Waals surface area (Å²) in [6.07, 6.45) is 0. The molecule has 0 saturated heterocycles. The second kappa shape index (κ2) is 8.27. The molecule has 4 nitrogen and oxygen atoms in total. The zero-order valence-corrected chi connectivity index (χ0v) is 11.5. The monoisotopic (exact) mass is 269 g/mol. The maximum atomic E-state index is 13.4. The minimum absolute atomic E-state index is 0.177. The highest BCUT2D eigenvalue weighted by Gasteiger charge is 2.14. The molecule has 0 fully saturated rings. The van der Waals surface area contributed by atoms with Crippen molar-refractivity contribution < 1.29 is 19.2 Å². The molecule has 6 heteroatoms. The largest absolute Gasteiger partial charge is 0.488 e. The smallest absolute Gasteiger partial charge is 0.423 e. The average Bonchev–Trinajstić information content (AvgIpc) is 2.37. The van der Waals surface area contributed by atoms with Crippen molar-refractivity contribution in [2.45, 2.75) is 20.4 Å². The van der Waals surface area contributed by atoms with Gasteiger partial charge < -0.3 is 14.8 Å². The number of ether oxygens (including phenoxy) is 1. The Hall–Kier alpha value is -0.945. The third-order valence-electron chi connectivity index (χ3n) is 2.89. The topological polar surface area (TPSA) is 52.9 Å². The molecule has 1 rings (SSSR count). The fourth-order valence-corrected chi connectivity index (χ4v) is 1.86. The molecule has 106 valence electrons. The molecule has 0 atom stereocenters. The zero-order chi connectivity index (χ0) is 14.3. The zero-order valence-electron chi connectivity index (χ0n) is 11.5. The molecular formula is C13H21BFNO3. The lowest BCUT2D eigenvalue weighted by atomic mass is 9.79. The number of hydrogen-bond acceptors (Lipinski definition) is 4. The molecular weight excluding hydrogens is 248 g/mol. The molecule has 0 unspecified atom stereocenters. The van der Waals surface area contributed by atoms with Crippen molar-refractivity contribution in [1.29, 1.82) is 0 Å². The second-order valence-electron chi connectivity index (χ2n) is 4.33. The molecule has 2 N–H and O–H groups in total. The minimum Gasteiger partial charge on any atom is -0.423 e. The quantitative estimate of drug-likeness (QED) is 0.528. The Balaban J connectivity index is 2.68. The van der Waals surface area contributed by atoms with Gasteiger partial charge in [0.25, 0.3) is 0 Å². The van der Waals surface area contributed by atoms with E-state index in [2.05, 4.69) is 4.90 Å². The van der Waals surface area contributed by atoms with Crippen LogP contribution in [0.25, 0.3) is 0 Å². The van der Waals surface area contributed by atoms with Crippen LogP contribution in [0.2, 0.25) is 0 Å². The van der Waals surface area contributed by atoms with Gasteiger partial charge in [0.05, 0.1) is 6.61 Å². The van der Waals surface area contributed by atoms with E-state index in [1.54, 1.807) is 6.07 Å². The van der Waals surface area contributed by atoms with Gasteiger partial charge in [-0.05, 0) is 36.6 Å². The third kappa shape index (κ3) is 5.69. The number of nitrogens with zero attached hydrogens (tertiary/aromatic N) is 1. The van der Waals surface area contributed by atoms with Gasteiger partial charge in [0.2, 0.25) is 0 Å². The predicted molar refractivity (Wildman–Crippen MR) is 73.7 cm³/mol. The number of halogens is 1. The van der Waals surface area contributed by atoms with Gasteiger partial charge in [-0.25, -0.2) is 4.39 Å². The van der Waals surface area contributed by atoms with E-state index < -0.39 is 12.9 Å². The molecule has 0 aliphatic heterocycles. The summed E-state index contributed by atoms with van der Waals surface area (Å²) < 4.78 is 18.7. The summed E-state index contributed by atoms with van der Waals surface area (Å²) in [5.41, 5.74) is 0.900. The first-order valence-electron chi connectivity index (χ1n) is 6.52. The van der Waals surface area contributed by atoms with Crippen LogP contribution in [0, 0.1) is 5.82 Å². The van der Waals surface area contributed by atoms with Crippen molar-refractivity contribution in [3.63, 3.8) is 0 Å². The van der Waals surface area contributed by atoms with Gasteiger partial charge in [-0.2, -0.15) is 0 Å². The van der Waals surface area contributed by atoms with Crippen molar-refractivity contribution in [3.8, 4) is 0 Å². The molecule has 0 radical (unpaired) electrons. The van der Waals surface area contributed by atoms with Crippen molar-refractivity contribution >= 4 is 12.6 Å². The summed E-state index contributed by atoms with van der Waals surface area (Å²) >= 11 is 0. The van der Waals surface area contributed by atoms with Crippen LogP contribution in [0.1, 0.15) is 19.4 Å². The highest BCUT2D eigenvalue weighted by Crippen LogP contribution is 2.06. The molecule has 0 aliphatic carbocycles. The molecule has 0 aliphatic rings. The second-order valence-corrected chi connectivity index (χ2v) is 4.33. The van der Waals surface area contributed by atoms with E-state index in [-0.39, 0.29) is 5.46 Å². The normalized spacial score (nSPS) is 11.1. The van der Waals surface area contributed by atoms with Crippen molar-refractivity contribution in [2.75, 3.05) is 26.3 Å². The highest BCUT2D eigenvalue weighted by atomic mass is 19.1. The molecule has 19 heavy (non-hydrogen) atoms. The summed E-state index contributed by atoms with van der Waals surface area (Å²) in [6, 6.07) is 4.15. The maximum Gasteiger partial charge on any atom is 0.488 e. The van der Waals surface area contributed by atoms with Gasteiger partial charge in [0, 0.05) is 19.7 Å². The Morgan fingerprint density at radius 3 is 2.58 bits per heavy atom. The van der Waals surface area contributed by atoms with E-state index in [4.69, 9.17) is 14.8 Å². The first-order chi connectivity index (χ1) is 9.06. The Bertz CT molecular complexity index is 390. The van der Waals surface area contributed by atoms with Crippen LogP contribution in [0.3, 0.4) is 0 Å². The third-order valence-corrected chi connectivity index (χ3v) is 2.89. The first-order valence-corrected chi connectivity index (χ1v) is 6.52. The van der Waals surface area contributed by atoms with Gasteiger partial charge in [0.1, 0.15) is 5.82 Å². The van der Waals surface area contributed by atoms with E-state index in [1.807, 2.05) is 13.8 Å². The van der Waals surface area contributed by atoms with Crippen molar-refractivity contribution in [2.24, 2.45) is 0 Å². The lowest BCUT2D eigenvalue weighted by Crippen LogP contribution is -2.32. The van der Waals surface area contributed by atoms with Gasteiger partial charge >= 0.3 is 7.12 Å². The minimum atomic E-state index is -1.65. The summed E-state index contributed by atoms with van der Waals surface area (Å²) in [5, 5.41) is 18.2.